The number of non-ortho nitro benzene ring substituents is 1. The highest BCUT2D eigenvalue weighted by molar-refractivity contribution is 6.00. The van der Waals surface area contributed by atoms with E-state index in [1.165, 1.54) is 19.1 Å². The summed E-state index contributed by atoms with van der Waals surface area (Å²) in [5.41, 5.74) is -3.67. The maximum Gasteiger partial charge on any atom is 0.431 e. The van der Waals surface area contributed by atoms with E-state index in [4.69, 9.17) is 14.2 Å². The Bertz CT molecular complexity index is 1530. The van der Waals surface area contributed by atoms with Crippen molar-refractivity contribution in [3.63, 3.8) is 0 Å². The molecule has 1 aliphatic heterocycles. The van der Waals surface area contributed by atoms with Gasteiger partial charge < -0.3 is 40.0 Å². The Morgan fingerprint density at radius 3 is 2.35 bits per heavy atom. The van der Waals surface area contributed by atoms with Crippen molar-refractivity contribution in [3.05, 3.63) is 92.8 Å². The minimum atomic E-state index is -5.07. The summed E-state index contributed by atoms with van der Waals surface area (Å²) in [5, 5.41) is 29.0. The summed E-state index contributed by atoms with van der Waals surface area (Å²) in [7, 11) is 0.868. The van der Waals surface area contributed by atoms with E-state index < -0.39 is 58.1 Å². The predicted octanol–water partition coefficient (Wildman–Crippen LogP) is 3.62. The summed E-state index contributed by atoms with van der Waals surface area (Å²) < 4.78 is 62.6. The highest BCUT2D eigenvalue weighted by Gasteiger charge is 2.47. The maximum absolute atomic E-state index is 14.0. The number of alkyl carbamates (subject to hydrolysis) is 1. The Labute approximate surface area is 279 Å². The molecule has 0 saturated heterocycles. The molecule has 0 bridgehead atoms. The van der Waals surface area contributed by atoms with Crippen LogP contribution < -0.4 is 20.7 Å². The number of nitro groups is 1. The minimum Gasteiger partial charge on any atom is -0.491 e. The van der Waals surface area contributed by atoms with Crippen molar-refractivity contribution in [2.75, 3.05) is 46.6 Å². The molecule has 2 unspecified atom stereocenters. The van der Waals surface area contributed by atoms with E-state index in [9.17, 15) is 42.8 Å². The highest BCUT2D eigenvalue weighted by atomic mass is 19.4. The lowest BCUT2D eigenvalue weighted by molar-refractivity contribution is -0.384. The summed E-state index contributed by atoms with van der Waals surface area (Å²) in [5.74, 6) is -3.52. The molecule has 0 spiro atoms. The van der Waals surface area contributed by atoms with E-state index in [2.05, 4.69) is 20.7 Å². The molecule has 0 aliphatic carbocycles. The molecule has 0 aromatic heterocycles. The van der Waals surface area contributed by atoms with Gasteiger partial charge in [-0.3, -0.25) is 10.1 Å². The number of ether oxygens (including phenoxy) is 4. The lowest BCUT2D eigenvalue weighted by Gasteiger charge is -2.31. The average Bonchev–Trinajstić information content (AvgIpc) is 3.07. The van der Waals surface area contributed by atoms with Crippen LogP contribution in [0.2, 0.25) is 0 Å². The summed E-state index contributed by atoms with van der Waals surface area (Å²) in [6.45, 7) is 1.85. The molecule has 17 heteroatoms. The largest absolute Gasteiger partial charge is 0.491 e. The average molecular weight is 695 g/mol. The van der Waals surface area contributed by atoms with E-state index in [0.29, 0.717) is 12.3 Å². The Morgan fingerprint density at radius 2 is 1.69 bits per heavy atom. The molecule has 2 aromatic carbocycles. The summed E-state index contributed by atoms with van der Waals surface area (Å²) in [6.07, 6.45) is -6.04. The van der Waals surface area contributed by atoms with Crippen molar-refractivity contribution in [2.45, 2.75) is 38.0 Å². The minimum absolute atomic E-state index is 0.0316. The fraction of sp³-hybridized carbons (Fsp3) is 0.406. The number of nitrogens with zero attached hydrogens (tertiary/aromatic N) is 1. The number of unbranched alkanes of at least 4 members (excludes halogenated alkanes) is 1. The smallest absolute Gasteiger partial charge is 0.431 e. The molecule has 2 aromatic rings. The zero-order chi connectivity index (χ0) is 36.0. The number of dihydropyridines is 1. The molecule has 49 heavy (non-hydrogen) atoms. The van der Waals surface area contributed by atoms with Crippen molar-refractivity contribution in [1.29, 1.82) is 0 Å². The SMILES string of the molecule is COC(=O)C1=C(C(F)(F)F)NC(C)=C(C(=O)OCCCCOC(=O)NCCNCC(O)COc2ccccc2)C1c1cccc([N+](=O)[O-])c1. The van der Waals surface area contributed by atoms with Gasteiger partial charge in [0.15, 0.2) is 0 Å². The number of aliphatic hydroxyl groups excluding tert-OH is 1. The van der Waals surface area contributed by atoms with Gasteiger partial charge in [0.1, 0.15) is 24.2 Å². The number of hydrogen-bond donors (Lipinski definition) is 4. The zero-order valence-electron chi connectivity index (χ0n) is 26.7. The third-order valence-corrected chi connectivity index (χ3v) is 7.03. The van der Waals surface area contributed by atoms with Crippen LogP contribution in [0.4, 0.5) is 23.7 Å². The van der Waals surface area contributed by atoms with Crippen molar-refractivity contribution < 1.29 is 56.5 Å². The van der Waals surface area contributed by atoms with E-state index in [0.717, 1.165) is 19.2 Å². The van der Waals surface area contributed by atoms with Crippen molar-refractivity contribution in [1.82, 2.24) is 16.0 Å². The number of allylic oxidation sites excluding steroid dienone is 2. The van der Waals surface area contributed by atoms with Gasteiger partial charge in [-0.25, -0.2) is 14.4 Å². The van der Waals surface area contributed by atoms with Crippen LogP contribution in [0.25, 0.3) is 0 Å². The number of methoxy groups -OCH3 is 1. The predicted molar refractivity (Wildman–Crippen MR) is 167 cm³/mol. The number of para-hydroxylation sites is 1. The second-order valence-electron chi connectivity index (χ2n) is 10.6. The monoisotopic (exact) mass is 694 g/mol. The van der Waals surface area contributed by atoms with Crippen LogP contribution >= 0.6 is 0 Å². The topological polar surface area (TPSA) is 188 Å². The number of carbonyl (C=O) groups excluding carboxylic acids is 3. The number of alkyl halides is 3. The number of nitro benzene ring substituents is 1. The Morgan fingerprint density at radius 1 is 1.00 bits per heavy atom. The number of carbonyl (C=O) groups is 3. The number of nitrogens with one attached hydrogen (secondary N) is 3. The first-order valence-corrected chi connectivity index (χ1v) is 15.1. The lowest BCUT2D eigenvalue weighted by Crippen LogP contribution is -2.38. The standard InChI is InChI=1S/C32H37F3N4O10/c1-20-25(26(21-9-8-10-22(17-21)39(44)45)27(29(41)46-2)28(38-20)32(33,34)35)30(42)47-15-6-7-16-48-31(43)37-14-13-36-18-23(40)19-49-24-11-4-3-5-12-24/h3-5,8-12,17,23,26,36,38,40H,6-7,13-16,18-19H2,1-2H3,(H,37,43). The third kappa shape index (κ3) is 11.5. The molecule has 4 N–H and O–H groups in total. The first kappa shape index (κ1) is 38.3. The Hall–Kier alpha value is -5.16. The molecule has 0 fully saturated rings. The molecule has 3 rings (SSSR count). The van der Waals surface area contributed by atoms with Crippen molar-refractivity contribution >= 4 is 23.7 Å². The number of hydrogen-bond acceptors (Lipinski definition) is 12. The molecule has 0 saturated carbocycles. The molecule has 1 heterocycles. The molecule has 1 amide bonds. The second-order valence-corrected chi connectivity index (χ2v) is 10.6. The zero-order valence-corrected chi connectivity index (χ0v) is 26.7. The van der Waals surface area contributed by atoms with Gasteiger partial charge >= 0.3 is 24.2 Å². The van der Waals surface area contributed by atoms with Gasteiger partial charge in [0.05, 0.1) is 42.3 Å². The number of rotatable bonds is 17. The lowest BCUT2D eigenvalue weighted by atomic mass is 9.80. The summed E-state index contributed by atoms with van der Waals surface area (Å²) in [4.78, 5) is 48.5. The van der Waals surface area contributed by atoms with Crippen LogP contribution in [0.5, 0.6) is 5.75 Å². The van der Waals surface area contributed by atoms with E-state index in [-0.39, 0.29) is 62.6 Å². The van der Waals surface area contributed by atoms with Gasteiger partial charge in [-0.05, 0) is 37.5 Å². The van der Waals surface area contributed by atoms with Crippen molar-refractivity contribution in [3.8, 4) is 5.75 Å². The molecular formula is C32H37F3N4O10. The van der Waals surface area contributed by atoms with Gasteiger partial charge in [0.25, 0.3) is 5.69 Å². The summed E-state index contributed by atoms with van der Waals surface area (Å²) in [6, 6.07) is 13.6. The molecule has 2 atom stereocenters. The van der Waals surface area contributed by atoms with Crippen molar-refractivity contribution in [2.24, 2.45) is 0 Å². The van der Waals surface area contributed by atoms with Gasteiger partial charge in [-0.1, -0.05) is 30.3 Å². The molecule has 0 radical (unpaired) electrons. The normalized spacial score (nSPS) is 15.2. The molecular weight excluding hydrogens is 657 g/mol. The second kappa shape index (κ2) is 18.4. The molecule has 14 nitrogen and oxygen atoms in total. The maximum atomic E-state index is 14.0. The number of aliphatic hydroxyl groups is 1. The molecule has 266 valence electrons. The van der Waals surface area contributed by atoms with Crippen LogP contribution in [-0.2, 0) is 23.8 Å². The summed E-state index contributed by atoms with van der Waals surface area (Å²) >= 11 is 0. The van der Waals surface area contributed by atoms with Gasteiger partial charge in [0, 0.05) is 37.5 Å². The van der Waals surface area contributed by atoms with Gasteiger partial charge in [0.2, 0.25) is 0 Å². The number of benzene rings is 2. The first-order chi connectivity index (χ1) is 23.3. The number of halogens is 3. The number of amides is 1. The van der Waals surface area contributed by atoms with Crippen LogP contribution in [0.3, 0.4) is 0 Å². The van der Waals surface area contributed by atoms with Gasteiger partial charge in [-0.2, -0.15) is 13.2 Å². The van der Waals surface area contributed by atoms with E-state index in [1.807, 2.05) is 18.2 Å². The van der Waals surface area contributed by atoms with E-state index >= 15 is 0 Å². The van der Waals surface area contributed by atoms with Crippen LogP contribution in [0.15, 0.2) is 77.1 Å². The fourth-order valence-electron chi connectivity index (χ4n) is 4.76. The molecule has 1 aliphatic rings. The van der Waals surface area contributed by atoms with E-state index in [1.54, 1.807) is 12.1 Å². The third-order valence-electron chi connectivity index (χ3n) is 7.03. The van der Waals surface area contributed by atoms with Crippen LogP contribution in [0, 0.1) is 10.1 Å². The number of esters is 2. The van der Waals surface area contributed by atoms with Crippen LogP contribution in [-0.4, -0.2) is 86.9 Å². The van der Waals surface area contributed by atoms with Crippen LogP contribution in [0.1, 0.15) is 31.2 Å². The first-order valence-electron chi connectivity index (χ1n) is 15.1. The van der Waals surface area contributed by atoms with Gasteiger partial charge in [-0.15, -0.1) is 0 Å². The quantitative estimate of drug-likeness (QED) is 0.0620. The Balaban J connectivity index is 1.48. The fourth-order valence-corrected chi connectivity index (χ4v) is 4.76. The highest BCUT2D eigenvalue weighted by Crippen LogP contribution is 2.44. The Kier molecular flexibility index (Phi) is 14.4.